The minimum atomic E-state index is 0.0494. The van der Waals surface area contributed by atoms with Gasteiger partial charge in [0.1, 0.15) is 0 Å². The summed E-state index contributed by atoms with van der Waals surface area (Å²) in [6.45, 7) is 3.81. The lowest BCUT2D eigenvalue weighted by atomic mass is 9.80. The first-order chi connectivity index (χ1) is 10.1. The van der Waals surface area contributed by atoms with Crippen molar-refractivity contribution in [1.29, 1.82) is 0 Å². The van der Waals surface area contributed by atoms with Crippen molar-refractivity contribution in [3.8, 4) is 0 Å². The van der Waals surface area contributed by atoms with Gasteiger partial charge in [0, 0.05) is 19.1 Å². The standard InChI is InChI=1S/C17H30N2O2/c1-18-9-5-10-19(2)15(13-18)16(20)14-6-11-21-17(12-14)7-3-4-8-17/h14-15H,3-13H2,1-2H3. The van der Waals surface area contributed by atoms with Crippen LogP contribution in [-0.4, -0.2) is 67.6 Å². The van der Waals surface area contributed by atoms with Crippen molar-refractivity contribution in [1.82, 2.24) is 9.80 Å². The van der Waals surface area contributed by atoms with Gasteiger partial charge < -0.3 is 9.64 Å². The summed E-state index contributed by atoms with van der Waals surface area (Å²) >= 11 is 0. The molecule has 0 bridgehead atoms. The fraction of sp³-hybridized carbons (Fsp3) is 0.941. The Hall–Kier alpha value is -0.450. The number of hydrogen-bond donors (Lipinski definition) is 0. The van der Waals surface area contributed by atoms with E-state index in [1.54, 1.807) is 0 Å². The van der Waals surface area contributed by atoms with Crippen molar-refractivity contribution in [2.45, 2.75) is 56.6 Å². The zero-order chi connectivity index (χ0) is 14.9. The molecule has 21 heavy (non-hydrogen) atoms. The minimum Gasteiger partial charge on any atom is -0.375 e. The molecule has 0 aromatic heterocycles. The van der Waals surface area contributed by atoms with Gasteiger partial charge in [-0.05, 0) is 59.3 Å². The lowest BCUT2D eigenvalue weighted by Gasteiger charge is -2.39. The average molecular weight is 294 g/mol. The van der Waals surface area contributed by atoms with Gasteiger partial charge in [-0.15, -0.1) is 0 Å². The van der Waals surface area contributed by atoms with E-state index in [0.29, 0.717) is 5.78 Å². The molecule has 0 amide bonds. The molecule has 0 N–H and O–H groups in total. The molecule has 3 aliphatic rings. The monoisotopic (exact) mass is 294 g/mol. The molecular weight excluding hydrogens is 264 g/mol. The minimum absolute atomic E-state index is 0.0494. The highest BCUT2D eigenvalue weighted by atomic mass is 16.5. The molecule has 3 fully saturated rings. The van der Waals surface area contributed by atoms with Crippen molar-refractivity contribution in [2.75, 3.05) is 40.3 Å². The Morgan fingerprint density at radius 2 is 1.90 bits per heavy atom. The summed E-state index contributed by atoms with van der Waals surface area (Å²) < 4.78 is 6.09. The molecule has 120 valence electrons. The molecule has 1 aliphatic carbocycles. The average Bonchev–Trinajstić information content (AvgIpc) is 2.84. The smallest absolute Gasteiger partial charge is 0.154 e. The van der Waals surface area contributed by atoms with Crippen molar-refractivity contribution < 1.29 is 9.53 Å². The summed E-state index contributed by atoms with van der Waals surface area (Å²) in [5, 5.41) is 0. The first-order valence-corrected chi connectivity index (χ1v) is 8.66. The summed E-state index contributed by atoms with van der Waals surface area (Å²) in [7, 11) is 4.26. The molecule has 4 heteroatoms. The summed E-state index contributed by atoms with van der Waals surface area (Å²) in [5.74, 6) is 0.691. The van der Waals surface area contributed by atoms with E-state index in [9.17, 15) is 4.79 Å². The van der Waals surface area contributed by atoms with Crippen LogP contribution in [0.25, 0.3) is 0 Å². The van der Waals surface area contributed by atoms with Gasteiger partial charge >= 0.3 is 0 Å². The normalized spacial score (nSPS) is 35.0. The van der Waals surface area contributed by atoms with Gasteiger partial charge in [0.25, 0.3) is 0 Å². The second kappa shape index (κ2) is 6.35. The molecule has 2 saturated heterocycles. The Morgan fingerprint density at radius 1 is 1.14 bits per heavy atom. The van der Waals surface area contributed by atoms with Crippen LogP contribution in [0.1, 0.15) is 44.9 Å². The van der Waals surface area contributed by atoms with Crippen LogP contribution in [0.3, 0.4) is 0 Å². The first kappa shape index (κ1) is 15.4. The third-order valence-electron chi connectivity index (χ3n) is 5.81. The molecule has 0 aromatic carbocycles. The number of ether oxygens (including phenoxy) is 1. The molecule has 4 nitrogen and oxygen atoms in total. The van der Waals surface area contributed by atoms with Gasteiger partial charge in [-0.2, -0.15) is 0 Å². The first-order valence-electron chi connectivity index (χ1n) is 8.66. The van der Waals surface area contributed by atoms with E-state index in [1.807, 2.05) is 0 Å². The highest BCUT2D eigenvalue weighted by molar-refractivity contribution is 5.86. The zero-order valence-corrected chi connectivity index (χ0v) is 13.6. The predicted octanol–water partition coefficient (Wildman–Crippen LogP) is 1.93. The summed E-state index contributed by atoms with van der Waals surface area (Å²) in [4.78, 5) is 17.7. The summed E-state index contributed by atoms with van der Waals surface area (Å²) in [6.07, 6.45) is 7.93. The van der Waals surface area contributed by atoms with E-state index in [-0.39, 0.29) is 17.6 Å². The summed E-state index contributed by atoms with van der Waals surface area (Å²) in [6, 6.07) is 0.0825. The Labute approximate surface area is 128 Å². The quantitative estimate of drug-likeness (QED) is 0.779. The highest BCUT2D eigenvalue weighted by Gasteiger charge is 2.43. The van der Waals surface area contributed by atoms with Gasteiger partial charge in [-0.3, -0.25) is 9.69 Å². The number of carbonyl (C=O) groups is 1. The Morgan fingerprint density at radius 3 is 2.67 bits per heavy atom. The van der Waals surface area contributed by atoms with Gasteiger partial charge in [0.15, 0.2) is 5.78 Å². The van der Waals surface area contributed by atoms with Crippen molar-refractivity contribution >= 4 is 5.78 Å². The lowest BCUT2D eigenvalue weighted by molar-refractivity contribution is -0.141. The number of ketones is 1. The molecule has 0 radical (unpaired) electrons. The molecule has 0 aromatic rings. The Bertz CT molecular complexity index is 379. The SMILES string of the molecule is CN1CCCN(C)C(C(=O)C2CCOC3(CCCC3)C2)C1. The van der Waals surface area contributed by atoms with Crippen LogP contribution >= 0.6 is 0 Å². The molecule has 3 rings (SSSR count). The van der Waals surface area contributed by atoms with E-state index in [2.05, 4.69) is 23.9 Å². The fourth-order valence-electron chi connectivity index (χ4n) is 4.49. The number of rotatable bonds is 2. The van der Waals surface area contributed by atoms with Crippen LogP contribution in [-0.2, 0) is 9.53 Å². The maximum absolute atomic E-state index is 13.1. The number of nitrogens with zero attached hydrogens (tertiary/aromatic N) is 2. The molecule has 1 spiro atoms. The van der Waals surface area contributed by atoms with Crippen LogP contribution in [0.5, 0.6) is 0 Å². The largest absolute Gasteiger partial charge is 0.375 e. The Kier molecular flexibility index (Phi) is 4.67. The molecular formula is C17H30N2O2. The van der Waals surface area contributed by atoms with Gasteiger partial charge in [-0.25, -0.2) is 0 Å². The predicted molar refractivity (Wildman–Crippen MR) is 83.4 cm³/mol. The van der Waals surface area contributed by atoms with Gasteiger partial charge in [-0.1, -0.05) is 12.8 Å². The van der Waals surface area contributed by atoms with Crippen molar-refractivity contribution in [3.63, 3.8) is 0 Å². The van der Waals surface area contributed by atoms with E-state index < -0.39 is 0 Å². The zero-order valence-electron chi connectivity index (χ0n) is 13.6. The number of carbonyl (C=O) groups excluding carboxylic acids is 1. The number of likely N-dealkylation sites (N-methyl/N-ethyl adjacent to an activating group) is 2. The topological polar surface area (TPSA) is 32.8 Å². The van der Waals surface area contributed by atoms with E-state index in [4.69, 9.17) is 4.74 Å². The lowest BCUT2D eigenvalue weighted by Crippen LogP contribution is -2.49. The van der Waals surface area contributed by atoms with E-state index in [1.165, 1.54) is 12.8 Å². The molecule has 2 atom stereocenters. The van der Waals surface area contributed by atoms with Crippen LogP contribution in [0.4, 0.5) is 0 Å². The van der Waals surface area contributed by atoms with Crippen LogP contribution in [0.2, 0.25) is 0 Å². The molecule has 2 aliphatic heterocycles. The van der Waals surface area contributed by atoms with Gasteiger partial charge in [0.2, 0.25) is 0 Å². The molecule has 2 unspecified atom stereocenters. The van der Waals surface area contributed by atoms with Gasteiger partial charge in [0.05, 0.1) is 11.6 Å². The summed E-state index contributed by atoms with van der Waals surface area (Å²) in [5.41, 5.74) is 0.0494. The number of Topliss-reactive ketones (excluding diaryl/α,β-unsaturated/α-hetero) is 1. The maximum Gasteiger partial charge on any atom is 0.154 e. The maximum atomic E-state index is 13.1. The van der Waals surface area contributed by atoms with Crippen molar-refractivity contribution in [2.24, 2.45) is 5.92 Å². The highest BCUT2D eigenvalue weighted by Crippen LogP contribution is 2.42. The van der Waals surface area contributed by atoms with Crippen LogP contribution in [0.15, 0.2) is 0 Å². The van der Waals surface area contributed by atoms with Crippen LogP contribution in [0, 0.1) is 5.92 Å². The third kappa shape index (κ3) is 3.33. The Balaban J connectivity index is 1.68. The fourth-order valence-corrected chi connectivity index (χ4v) is 4.49. The third-order valence-corrected chi connectivity index (χ3v) is 5.81. The van der Waals surface area contributed by atoms with E-state index >= 15 is 0 Å². The molecule has 2 heterocycles. The second-order valence-electron chi connectivity index (χ2n) is 7.44. The van der Waals surface area contributed by atoms with E-state index in [0.717, 1.165) is 58.3 Å². The van der Waals surface area contributed by atoms with Crippen molar-refractivity contribution in [3.05, 3.63) is 0 Å². The number of hydrogen-bond acceptors (Lipinski definition) is 4. The van der Waals surface area contributed by atoms with Crippen LogP contribution < -0.4 is 0 Å². The molecule has 1 saturated carbocycles. The second-order valence-corrected chi connectivity index (χ2v) is 7.44.